The van der Waals surface area contributed by atoms with Crippen LogP contribution in [0.5, 0.6) is 0 Å². The molecule has 76 valence electrons. The highest BCUT2D eigenvalue weighted by Crippen LogP contribution is 2.17. The number of aliphatic hydroxyl groups is 1. The van der Waals surface area contributed by atoms with E-state index in [0.29, 0.717) is 11.6 Å². The highest BCUT2D eigenvalue weighted by molar-refractivity contribution is 6.30. The van der Waals surface area contributed by atoms with Gasteiger partial charge in [0.25, 0.3) is 0 Å². The minimum atomic E-state index is -0.0960. The zero-order chi connectivity index (χ0) is 10.6. The molecule has 0 aromatic heterocycles. The summed E-state index contributed by atoms with van der Waals surface area (Å²) in [7, 11) is 0. The van der Waals surface area contributed by atoms with Gasteiger partial charge in [-0.05, 0) is 24.3 Å². The van der Waals surface area contributed by atoms with Gasteiger partial charge in [0, 0.05) is 17.3 Å². The Morgan fingerprint density at radius 3 is 2.43 bits per heavy atom. The highest BCUT2D eigenvalue weighted by atomic mass is 35.5. The van der Waals surface area contributed by atoms with Crippen molar-refractivity contribution in [1.82, 2.24) is 0 Å². The van der Waals surface area contributed by atoms with Gasteiger partial charge in [0.05, 0.1) is 6.61 Å². The molecule has 1 aromatic carbocycles. The van der Waals surface area contributed by atoms with E-state index in [1.807, 2.05) is 0 Å². The van der Waals surface area contributed by atoms with E-state index in [0.717, 1.165) is 5.69 Å². The van der Waals surface area contributed by atoms with E-state index in [2.05, 4.69) is 0 Å². The van der Waals surface area contributed by atoms with Crippen LogP contribution in [0.2, 0.25) is 5.02 Å². The van der Waals surface area contributed by atoms with Crippen LogP contribution in [0.4, 0.5) is 5.69 Å². The zero-order valence-electron chi connectivity index (χ0n) is 7.57. The number of aliphatic hydroxyl groups excluding tert-OH is 1. The smallest absolute Gasteiger partial charge is 0.193 e. The molecule has 1 aromatic rings. The number of guanidine groups is 1. The second kappa shape index (κ2) is 4.83. The summed E-state index contributed by atoms with van der Waals surface area (Å²) in [5.74, 6) is -0.0960. The summed E-state index contributed by atoms with van der Waals surface area (Å²) in [6.07, 6.45) is 0. The molecule has 5 heteroatoms. The first kappa shape index (κ1) is 10.8. The maximum Gasteiger partial charge on any atom is 0.193 e. The number of nitrogens with one attached hydrogen (secondary N) is 1. The van der Waals surface area contributed by atoms with E-state index in [-0.39, 0.29) is 12.6 Å². The third kappa shape index (κ3) is 2.61. The van der Waals surface area contributed by atoms with Crippen LogP contribution in [0.3, 0.4) is 0 Å². The second-order valence-electron chi connectivity index (χ2n) is 2.74. The normalized spacial score (nSPS) is 9.86. The van der Waals surface area contributed by atoms with Crippen molar-refractivity contribution in [3.63, 3.8) is 0 Å². The number of nitrogens with zero attached hydrogens (tertiary/aromatic N) is 1. The van der Waals surface area contributed by atoms with E-state index in [1.165, 1.54) is 4.90 Å². The van der Waals surface area contributed by atoms with Crippen molar-refractivity contribution >= 4 is 23.2 Å². The maximum atomic E-state index is 8.78. The van der Waals surface area contributed by atoms with E-state index in [9.17, 15) is 0 Å². The standard InChI is InChI=1S/C9H12ClN3O/c10-7-1-3-8(4-2-7)13(5-6-14)9(11)12/h1-4,14H,5-6H2,(H3,11,12). The van der Waals surface area contributed by atoms with Crippen LogP contribution in [0.15, 0.2) is 24.3 Å². The predicted molar refractivity (Wildman–Crippen MR) is 57.8 cm³/mol. The van der Waals surface area contributed by atoms with Crippen LogP contribution >= 0.6 is 11.6 Å². The van der Waals surface area contributed by atoms with Crippen molar-refractivity contribution < 1.29 is 5.11 Å². The fraction of sp³-hybridized carbons (Fsp3) is 0.222. The summed E-state index contributed by atoms with van der Waals surface area (Å²) in [6.45, 7) is 0.249. The molecule has 4 N–H and O–H groups in total. The molecule has 0 spiro atoms. The Balaban J connectivity index is 2.87. The summed E-state index contributed by atoms with van der Waals surface area (Å²) >= 11 is 5.72. The second-order valence-corrected chi connectivity index (χ2v) is 3.17. The van der Waals surface area contributed by atoms with Gasteiger partial charge in [0.2, 0.25) is 0 Å². The van der Waals surface area contributed by atoms with Crippen LogP contribution in [-0.2, 0) is 0 Å². The minimum absolute atomic E-state index is 0.0534. The molecule has 4 nitrogen and oxygen atoms in total. The highest BCUT2D eigenvalue weighted by Gasteiger charge is 2.07. The van der Waals surface area contributed by atoms with Gasteiger partial charge in [-0.15, -0.1) is 0 Å². The lowest BCUT2D eigenvalue weighted by atomic mass is 10.3. The largest absolute Gasteiger partial charge is 0.395 e. The molecule has 0 saturated carbocycles. The fourth-order valence-electron chi connectivity index (χ4n) is 1.11. The first-order valence-electron chi connectivity index (χ1n) is 4.13. The molecule has 0 bridgehead atoms. The molecule has 0 atom stereocenters. The molecule has 0 unspecified atom stereocenters. The molecule has 0 aliphatic carbocycles. The van der Waals surface area contributed by atoms with Gasteiger partial charge in [-0.25, -0.2) is 0 Å². The summed E-state index contributed by atoms with van der Waals surface area (Å²) in [5.41, 5.74) is 6.10. The number of anilines is 1. The summed E-state index contributed by atoms with van der Waals surface area (Å²) in [4.78, 5) is 1.50. The lowest BCUT2D eigenvalue weighted by molar-refractivity contribution is 0.306. The van der Waals surface area contributed by atoms with Gasteiger partial charge in [0.1, 0.15) is 0 Å². The lowest BCUT2D eigenvalue weighted by Gasteiger charge is -2.21. The monoisotopic (exact) mass is 213 g/mol. The third-order valence-corrected chi connectivity index (χ3v) is 2.00. The average Bonchev–Trinajstić information content (AvgIpc) is 2.15. The van der Waals surface area contributed by atoms with Gasteiger partial charge >= 0.3 is 0 Å². The first-order chi connectivity index (χ1) is 6.65. The molecule has 0 amide bonds. The zero-order valence-corrected chi connectivity index (χ0v) is 8.33. The summed E-state index contributed by atoms with van der Waals surface area (Å²) in [6, 6.07) is 6.92. The number of hydrogen-bond acceptors (Lipinski definition) is 2. The Bertz CT molecular complexity index is 312. The molecule has 0 aliphatic rings. The number of rotatable bonds is 3. The van der Waals surface area contributed by atoms with Crippen LogP contribution in [0, 0.1) is 5.41 Å². The molecular weight excluding hydrogens is 202 g/mol. The Hall–Kier alpha value is -1.26. The van der Waals surface area contributed by atoms with Crippen LogP contribution in [-0.4, -0.2) is 24.2 Å². The van der Waals surface area contributed by atoms with Gasteiger partial charge in [-0.1, -0.05) is 11.6 Å². The van der Waals surface area contributed by atoms with Crippen molar-refractivity contribution in [2.75, 3.05) is 18.1 Å². The summed E-state index contributed by atoms with van der Waals surface area (Å²) in [5, 5.41) is 16.7. The number of hydrogen-bond donors (Lipinski definition) is 3. The molecule has 0 fully saturated rings. The number of halogens is 1. The first-order valence-corrected chi connectivity index (χ1v) is 4.51. The van der Waals surface area contributed by atoms with Gasteiger partial charge in [-0.2, -0.15) is 0 Å². The molecule has 0 radical (unpaired) electrons. The Morgan fingerprint density at radius 1 is 1.43 bits per heavy atom. The number of nitrogens with two attached hydrogens (primary N) is 1. The predicted octanol–water partition coefficient (Wildman–Crippen LogP) is 1.03. The Kier molecular flexibility index (Phi) is 3.73. The van der Waals surface area contributed by atoms with Crippen LogP contribution in [0.1, 0.15) is 0 Å². The van der Waals surface area contributed by atoms with Crippen molar-refractivity contribution in [2.24, 2.45) is 5.73 Å². The summed E-state index contributed by atoms with van der Waals surface area (Å²) < 4.78 is 0. The SMILES string of the molecule is N=C(N)N(CCO)c1ccc(Cl)cc1. The Labute approximate surface area is 87.4 Å². The molecule has 0 saturated heterocycles. The molecule has 0 heterocycles. The maximum absolute atomic E-state index is 8.78. The van der Waals surface area contributed by atoms with Gasteiger partial charge < -0.3 is 15.7 Å². The molecular formula is C9H12ClN3O. The molecule has 1 rings (SSSR count). The van der Waals surface area contributed by atoms with Crippen molar-refractivity contribution in [2.45, 2.75) is 0 Å². The van der Waals surface area contributed by atoms with Gasteiger partial charge in [-0.3, -0.25) is 5.41 Å². The number of benzene rings is 1. The minimum Gasteiger partial charge on any atom is -0.395 e. The third-order valence-electron chi connectivity index (χ3n) is 1.75. The van der Waals surface area contributed by atoms with Crippen molar-refractivity contribution in [3.8, 4) is 0 Å². The van der Waals surface area contributed by atoms with E-state index in [1.54, 1.807) is 24.3 Å². The fourth-order valence-corrected chi connectivity index (χ4v) is 1.24. The van der Waals surface area contributed by atoms with E-state index < -0.39 is 0 Å². The van der Waals surface area contributed by atoms with Crippen molar-refractivity contribution in [1.29, 1.82) is 5.41 Å². The quantitative estimate of drug-likeness (QED) is 0.519. The van der Waals surface area contributed by atoms with E-state index in [4.69, 9.17) is 27.9 Å². The van der Waals surface area contributed by atoms with Gasteiger partial charge in [0.15, 0.2) is 5.96 Å². The van der Waals surface area contributed by atoms with E-state index >= 15 is 0 Å². The molecule has 14 heavy (non-hydrogen) atoms. The average molecular weight is 214 g/mol. The molecule has 0 aliphatic heterocycles. The van der Waals surface area contributed by atoms with Crippen LogP contribution < -0.4 is 10.6 Å². The topological polar surface area (TPSA) is 73.3 Å². The van der Waals surface area contributed by atoms with Crippen molar-refractivity contribution in [3.05, 3.63) is 29.3 Å². The van der Waals surface area contributed by atoms with Crippen LogP contribution in [0.25, 0.3) is 0 Å². The Morgan fingerprint density at radius 2 is 2.00 bits per heavy atom. The lowest BCUT2D eigenvalue weighted by Crippen LogP contribution is -2.38.